The lowest BCUT2D eigenvalue weighted by Gasteiger charge is -2.05. The van der Waals surface area contributed by atoms with Crippen LogP contribution in [-0.4, -0.2) is 5.91 Å². The van der Waals surface area contributed by atoms with Gasteiger partial charge in [0.1, 0.15) is 0 Å². The monoisotopic (exact) mass is 338 g/mol. The van der Waals surface area contributed by atoms with Crippen LogP contribution in [0.25, 0.3) is 0 Å². The Balaban J connectivity index is 2.03. The Bertz CT molecular complexity index is 602. The SMILES string of the molecule is Cc1cc(CNC(=O)c2ccc(Br)c(N)c2)sc1C. The van der Waals surface area contributed by atoms with Crippen LogP contribution in [0.15, 0.2) is 28.7 Å². The molecule has 1 aromatic heterocycles. The minimum absolute atomic E-state index is 0.108. The van der Waals surface area contributed by atoms with Gasteiger partial charge in [-0.1, -0.05) is 0 Å². The van der Waals surface area contributed by atoms with Crippen LogP contribution >= 0.6 is 27.3 Å². The van der Waals surface area contributed by atoms with E-state index in [9.17, 15) is 4.79 Å². The van der Waals surface area contributed by atoms with E-state index in [2.05, 4.69) is 41.2 Å². The largest absolute Gasteiger partial charge is 0.398 e. The van der Waals surface area contributed by atoms with Gasteiger partial charge >= 0.3 is 0 Å². The first-order valence-corrected chi connectivity index (χ1v) is 7.47. The number of carbonyl (C=O) groups excluding carboxylic acids is 1. The summed E-state index contributed by atoms with van der Waals surface area (Å²) >= 11 is 5.02. The van der Waals surface area contributed by atoms with Crippen molar-refractivity contribution in [3.63, 3.8) is 0 Å². The van der Waals surface area contributed by atoms with Crippen LogP contribution in [0.3, 0.4) is 0 Å². The number of nitrogens with one attached hydrogen (secondary N) is 1. The molecule has 0 spiro atoms. The molecule has 0 unspecified atom stereocenters. The number of carbonyl (C=O) groups is 1. The first kappa shape index (κ1) is 14.1. The van der Waals surface area contributed by atoms with E-state index in [1.807, 2.05) is 0 Å². The fourth-order valence-corrected chi connectivity index (χ4v) is 2.93. The number of hydrogen-bond acceptors (Lipinski definition) is 3. The van der Waals surface area contributed by atoms with Crippen LogP contribution < -0.4 is 11.1 Å². The predicted octanol–water partition coefficient (Wildman–Crippen LogP) is 3.64. The molecule has 5 heteroatoms. The minimum atomic E-state index is -0.108. The van der Waals surface area contributed by atoms with Crippen molar-refractivity contribution < 1.29 is 4.79 Å². The van der Waals surface area contributed by atoms with Crippen LogP contribution in [0.5, 0.6) is 0 Å². The smallest absolute Gasteiger partial charge is 0.251 e. The zero-order valence-electron chi connectivity index (χ0n) is 10.8. The summed E-state index contributed by atoms with van der Waals surface area (Å²) in [6.45, 7) is 4.71. The zero-order chi connectivity index (χ0) is 14.0. The first-order chi connectivity index (χ1) is 8.97. The van der Waals surface area contributed by atoms with Crippen LogP contribution in [0.2, 0.25) is 0 Å². The quantitative estimate of drug-likeness (QED) is 0.839. The van der Waals surface area contributed by atoms with Gasteiger partial charge in [0.25, 0.3) is 5.91 Å². The highest BCUT2D eigenvalue weighted by Gasteiger charge is 2.08. The number of nitrogens with two attached hydrogens (primary N) is 1. The van der Waals surface area contributed by atoms with Crippen molar-refractivity contribution in [2.45, 2.75) is 20.4 Å². The van der Waals surface area contributed by atoms with E-state index in [4.69, 9.17) is 5.73 Å². The fourth-order valence-electron chi connectivity index (χ4n) is 1.69. The molecule has 3 N–H and O–H groups in total. The lowest BCUT2D eigenvalue weighted by molar-refractivity contribution is 0.0951. The Labute approximate surface area is 125 Å². The van der Waals surface area contributed by atoms with Gasteiger partial charge in [-0.2, -0.15) is 0 Å². The standard InChI is InChI=1S/C14H15BrN2OS/c1-8-5-11(19-9(8)2)7-17-14(18)10-3-4-12(15)13(16)6-10/h3-6H,7,16H2,1-2H3,(H,17,18). The molecule has 1 heterocycles. The highest BCUT2D eigenvalue weighted by molar-refractivity contribution is 9.10. The highest BCUT2D eigenvalue weighted by Crippen LogP contribution is 2.21. The Hall–Kier alpha value is -1.33. The Kier molecular flexibility index (Phi) is 4.27. The second-order valence-electron chi connectivity index (χ2n) is 4.37. The van der Waals surface area contributed by atoms with Crippen molar-refractivity contribution in [2.75, 3.05) is 5.73 Å². The van der Waals surface area contributed by atoms with Gasteiger partial charge in [-0.25, -0.2) is 0 Å². The number of aryl methyl sites for hydroxylation is 2. The van der Waals surface area contributed by atoms with E-state index in [0.29, 0.717) is 17.8 Å². The minimum Gasteiger partial charge on any atom is -0.398 e. The molecule has 0 aliphatic carbocycles. The number of amides is 1. The molecule has 2 rings (SSSR count). The predicted molar refractivity (Wildman–Crippen MR) is 83.5 cm³/mol. The van der Waals surface area contributed by atoms with Gasteiger partial charge in [-0.3, -0.25) is 4.79 Å². The average molecular weight is 339 g/mol. The lowest BCUT2D eigenvalue weighted by Crippen LogP contribution is -2.22. The molecule has 0 fully saturated rings. The molecule has 0 atom stereocenters. The van der Waals surface area contributed by atoms with Gasteiger partial charge in [-0.05, 0) is 59.6 Å². The Morgan fingerprint density at radius 1 is 1.37 bits per heavy atom. The summed E-state index contributed by atoms with van der Waals surface area (Å²) in [6.07, 6.45) is 0. The van der Waals surface area contributed by atoms with E-state index >= 15 is 0 Å². The number of rotatable bonds is 3. The Morgan fingerprint density at radius 2 is 2.11 bits per heavy atom. The molecule has 0 aliphatic heterocycles. The Morgan fingerprint density at radius 3 is 2.68 bits per heavy atom. The number of benzene rings is 1. The van der Waals surface area contributed by atoms with Crippen molar-refractivity contribution in [3.8, 4) is 0 Å². The van der Waals surface area contributed by atoms with Gasteiger partial charge in [0.2, 0.25) is 0 Å². The van der Waals surface area contributed by atoms with Crippen LogP contribution in [0, 0.1) is 13.8 Å². The van der Waals surface area contributed by atoms with E-state index in [-0.39, 0.29) is 5.91 Å². The molecular weight excluding hydrogens is 324 g/mol. The van der Waals surface area contributed by atoms with Gasteiger partial charge in [-0.15, -0.1) is 11.3 Å². The summed E-state index contributed by atoms with van der Waals surface area (Å²) in [5.41, 5.74) is 8.17. The van der Waals surface area contributed by atoms with Crippen molar-refractivity contribution in [2.24, 2.45) is 0 Å². The van der Waals surface area contributed by atoms with Crippen LogP contribution in [-0.2, 0) is 6.54 Å². The molecular formula is C14H15BrN2OS. The maximum atomic E-state index is 12.0. The molecule has 2 aromatic rings. The molecule has 100 valence electrons. The van der Waals surface area contributed by atoms with Gasteiger partial charge < -0.3 is 11.1 Å². The summed E-state index contributed by atoms with van der Waals surface area (Å²) in [5.74, 6) is -0.108. The molecule has 1 amide bonds. The van der Waals surface area contributed by atoms with Crippen molar-refractivity contribution >= 4 is 38.9 Å². The first-order valence-electron chi connectivity index (χ1n) is 5.86. The van der Waals surface area contributed by atoms with Crippen molar-refractivity contribution in [3.05, 3.63) is 49.6 Å². The molecule has 0 bridgehead atoms. The summed E-state index contributed by atoms with van der Waals surface area (Å²) in [4.78, 5) is 14.4. The molecule has 3 nitrogen and oxygen atoms in total. The topological polar surface area (TPSA) is 55.1 Å². The maximum Gasteiger partial charge on any atom is 0.251 e. The highest BCUT2D eigenvalue weighted by atomic mass is 79.9. The summed E-state index contributed by atoms with van der Waals surface area (Å²) in [6, 6.07) is 7.31. The molecule has 1 aromatic carbocycles. The third-order valence-electron chi connectivity index (χ3n) is 2.90. The fraction of sp³-hybridized carbons (Fsp3) is 0.214. The van der Waals surface area contributed by atoms with Crippen molar-refractivity contribution in [1.29, 1.82) is 0 Å². The number of halogens is 1. The summed E-state index contributed by atoms with van der Waals surface area (Å²) in [5, 5.41) is 2.90. The number of anilines is 1. The van der Waals surface area contributed by atoms with E-state index in [1.54, 1.807) is 29.5 Å². The average Bonchev–Trinajstić information content (AvgIpc) is 2.69. The summed E-state index contributed by atoms with van der Waals surface area (Å²) < 4.78 is 0.800. The maximum absolute atomic E-state index is 12.0. The van der Waals surface area contributed by atoms with E-state index < -0.39 is 0 Å². The second kappa shape index (κ2) is 5.75. The van der Waals surface area contributed by atoms with Gasteiger partial charge in [0.05, 0.1) is 6.54 Å². The molecule has 0 saturated heterocycles. The molecule has 0 aliphatic rings. The molecule has 19 heavy (non-hydrogen) atoms. The van der Waals surface area contributed by atoms with Gasteiger partial charge in [0.15, 0.2) is 0 Å². The van der Waals surface area contributed by atoms with E-state index in [1.165, 1.54) is 10.4 Å². The van der Waals surface area contributed by atoms with Crippen LogP contribution in [0.4, 0.5) is 5.69 Å². The van der Waals surface area contributed by atoms with Gasteiger partial charge in [0, 0.05) is 25.5 Å². The number of thiophene rings is 1. The second-order valence-corrected chi connectivity index (χ2v) is 6.57. The lowest BCUT2D eigenvalue weighted by atomic mass is 10.2. The zero-order valence-corrected chi connectivity index (χ0v) is 13.2. The summed E-state index contributed by atoms with van der Waals surface area (Å²) in [7, 11) is 0. The van der Waals surface area contributed by atoms with Crippen LogP contribution in [0.1, 0.15) is 25.7 Å². The third kappa shape index (κ3) is 3.36. The van der Waals surface area contributed by atoms with E-state index in [0.717, 1.165) is 9.35 Å². The molecule has 0 saturated carbocycles. The van der Waals surface area contributed by atoms with Crippen molar-refractivity contribution in [1.82, 2.24) is 5.32 Å². The normalized spacial score (nSPS) is 10.5. The number of nitrogen functional groups attached to an aromatic ring is 1. The third-order valence-corrected chi connectivity index (χ3v) is 4.77. The number of hydrogen-bond donors (Lipinski definition) is 2. The molecule has 0 radical (unpaired) electrons.